The van der Waals surface area contributed by atoms with Crippen LogP contribution >= 0.6 is 23.6 Å². The highest BCUT2D eigenvalue weighted by Gasteiger charge is 2.21. The van der Waals surface area contributed by atoms with Crippen LogP contribution < -0.4 is 0 Å². The second-order valence-electron chi connectivity index (χ2n) is 4.99. The maximum Gasteiger partial charge on any atom is 0.195 e. The molecule has 2 heterocycles. The Morgan fingerprint density at radius 1 is 1.61 bits per heavy atom. The van der Waals surface area contributed by atoms with Crippen molar-refractivity contribution in [2.24, 2.45) is 13.0 Å². The fraction of sp³-hybridized carbons (Fsp3) is 0.538. The van der Waals surface area contributed by atoms with E-state index < -0.39 is 0 Å². The summed E-state index contributed by atoms with van der Waals surface area (Å²) in [5.74, 6) is 1.83. The van der Waals surface area contributed by atoms with Gasteiger partial charge in [-0.2, -0.15) is 5.10 Å². The molecule has 0 amide bonds. The molecule has 2 aromatic rings. The number of nitrogens with zero attached hydrogens (tertiary/aromatic N) is 2. The fourth-order valence-electron chi connectivity index (χ4n) is 2.63. The third-order valence-corrected chi connectivity index (χ3v) is 5.46. The number of fused-ring (bicyclic) bond motifs is 1. The Morgan fingerprint density at radius 3 is 3.11 bits per heavy atom. The van der Waals surface area contributed by atoms with Gasteiger partial charge in [0.1, 0.15) is 0 Å². The third-order valence-electron chi connectivity index (χ3n) is 3.86. The summed E-state index contributed by atoms with van der Waals surface area (Å²) in [5.41, 5.74) is 1.53. The van der Waals surface area contributed by atoms with Gasteiger partial charge in [-0.1, -0.05) is 13.3 Å². The van der Waals surface area contributed by atoms with Crippen molar-refractivity contribution in [2.75, 3.05) is 0 Å². The van der Waals surface area contributed by atoms with E-state index in [4.69, 9.17) is 12.2 Å². The summed E-state index contributed by atoms with van der Waals surface area (Å²) in [6.45, 7) is 2.29. The van der Waals surface area contributed by atoms with Crippen molar-refractivity contribution in [1.29, 1.82) is 0 Å². The molecule has 0 aliphatic heterocycles. The number of aryl methyl sites for hydroxylation is 1. The molecule has 0 saturated heterocycles. The molecule has 1 N–H and O–H groups in total. The zero-order valence-electron chi connectivity index (χ0n) is 10.7. The average molecular weight is 279 g/mol. The van der Waals surface area contributed by atoms with Gasteiger partial charge in [-0.3, -0.25) is 5.10 Å². The van der Waals surface area contributed by atoms with Crippen molar-refractivity contribution < 1.29 is 0 Å². The third kappa shape index (κ3) is 1.95. The molecule has 2 aromatic heterocycles. The summed E-state index contributed by atoms with van der Waals surface area (Å²) in [5, 5.41) is 7.18. The molecular weight excluding hydrogens is 262 g/mol. The molecule has 1 aliphatic carbocycles. The smallest absolute Gasteiger partial charge is 0.195 e. The predicted molar refractivity (Wildman–Crippen MR) is 77.5 cm³/mol. The second kappa shape index (κ2) is 4.63. The number of rotatable bonds is 2. The summed E-state index contributed by atoms with van der Waals surface area (Å²) in [4.78, 5) is 2.79. The molecular formula is C13H17N3S2. The van der Waals surface area contributed by atoms with Crippen molar-refractivity contribution in [3.05, 3.63) is 21.3 Å². The lowest BCUT2D eigenvalue weighted by molar-refractivity contribution is 0.449. The van der Waals surface area contributed by atoms with Crippen molar-refractivity contribution >= 4 is 23.6 Å². The molecule has 0 spiro atoms. The molecule has 5 heteroatoms. The van der Waals surface area contributed by atoms with Gasteiger partial charge in [-0.15, -0.1) is 11.3 Å². The minimum Gasteiger partial charge on any atom is -0.303 e. The van der Waals surface area contributed by atoms with Crippen LogP contribution in [0.2, 0.25) is 0 Å². The molecule has 0 aromatic carbocycles. The van der Waals surface area contributed by atoms with E-state index in [0.29, 0.717) is 4.77 Å². The zero-order valence-corrected chi connectivity index (χ0v) is 12.3. The predicted octanol–water partition coefficient (Wildman–Crippen LogP) is 3.72. The van der Waals surface area contributed by atoms with Gasteiger partial charge in [-0.25, -0.2) is 0 Å². The maximum absolute atomic E-state index is 5.17. The van der Waals surface area contributed by atoms with Gasteiger partial charge >= 0.3 is 0 Å². The topological polar surface area (TPSA) is 33.6 Å². The lowest BCUT2D eigenvalue weighted by Gasteiger charge is -2.19. The standard InChI is InChI=1S/C13H17N3S2/c1-3-8-4-5-10-9(6-8)7-11(18-10)12-14-15-13(17)16(12)2/h7-8H,3-6H2,1-2H3,(H,15,17). The SMILES string of the molecule is CCC1CCc2sc(-c3n[nH]c(=S)n3C)cc2C1. The lowest BCUT2D eigenvalue weighted by atomic mass is 9.87. The van der Waals surface area contributed by atoms with Crippen LogP contribution in [-0.2, 0) is 19.9 Å². The number of thiophene rings is 1. The first-order chi connectivity index (χ1) is 8.69. The number of aromatic nitrogens is 3. The van der Waals surface area contributed by atoms with Crippen LogP contribution in [0.15, 0.2) is 6.07 Å². The van der Waals surface area contributed by atoms with Gasteiger partial charge in [0.2, 0.25) is 0 Å². The van der Waals surface area contributed by atoms with Crippen LogP contribution in [0, 0.1) is 10.7 Å². The lowest BCUT2D eigenvalue weighted by Crippen LogP contribution is -2.10. The molecule has 0 bridgehead atoms. The molecule has 0 saturated carbocycles. The summed E-state index contributed by atoms with van der Waals surface area (Å²) in [7, 11) is 1.97. The first-order valence-corrected chi connectivity index (χ1v) is 7.65. The molecule has 3 nitrogen and oxygen atoms in total. The van der Waals surface area contributed by atoms with Crippen molar-refractivity contribution in [3.63, 3.8) is 0 Å². The molecule has 1 aliphatic rings. The average Bonchev–Trinajstić information content (AvgIpc) is 2.93. The number of H-pyrrole nitrogens is 1. The number of hydrogen-bond acceptors (Lipinski definition) is 3. The highest BCUT2D eigenvalue weighted by molar-refractivity contribution is 7.71. The van der Waals surface area contributed by atoms with Gasteiger partial charge in [0, 0.05) is 11.9 Å². The van der Waals surface area contributed by atoms with E-state index in [0.717, 1.165) is 11.7 Å². The van der Waals surface area contributed by atoms with Crippen LogP contribution in [0.5, 0.6) is 0 Å². The quantitative estimate of drug-likeness (QED) is 0.850. The molecule has 0 radical (unpaired) electrons. The van der Waals surface area contributed by atoms with Gasteiger partial charge in [-0.05, 0) is 49.0 Å². The summed E-state index contributed by atoms with van der Waals surface area (Å²) in [6.07, 6.45) is 5.09. The first-order valence-electron chi connectivity index (χ1n) is 6.42. The van der Waals surface area contributed by atoms with Gasteiger partial charge in [0.25, 0.3) is 0 Å². The molecule has 1 unspecified atom stereocenters. The monoisotopic (exact) mass is 279 g/mol. The van der Waals surface area contributed by atoms with E-state index in [1.54, 1.807) is 4.88 Å². The molecule has 18 heavy (non-hydrogen) atoms. The van der Waals surface area contributed by atoms with Gasteiger partial charge in [0.15, 0.2) is 10.6 Å². The normalized spacial score (nSPS) is 18.9. The van der Waals surface area contributed by atoms with Gasteiger partial charge in [0.05, 0.1) is 4.88 Å². The Morgan fingerprint density at radius 2 is 2.44 bits per heavy atom. The van der Waals surface area contributed by atoms with E-state index in [9.17, 15) is 0 Å². The van der Waals surface area contributed by atoms with Gasteiger partial charge < -0.3 is 4.57 Å². The zero-order chi connectivity index (χ0) is 12.7. The fourth-order valence-corrected chi connectivity index (χ4v) is 3.99. The second-order valence-corrected chi connectivity index (χ2v) is 6.51. The van der Waals surface area contributed by atoms with Crippen molar-refractivity contribution in [2.45, 2.75) is 32.6 Å². The Hall–Kier alpha value is -0.940. The Bertz CT molecular complexity index is 620. The Labute approximate surface area is 116 Å². The summed E-state index contributed by atoms with van der Waals surface area (Å²) >= 11 is 7.05. The van der Waals surface area contributed by atoms with E-state index in [2.05, 4.69) is 23.2 Å². The highest BCUT2D eigenvalue weighted by Crippen LogP contribution is 2.37. The van der Waals surface area contributed by atoms with Crippen molar-refractivity contribution in [1.82, 2.24) is 14.8 Å². The van der Waals surface area contributed by atoms with Crippen molar-refractivity contribution in [3.8, 4) is 10.7 Å². The maximum atomic E-state index is 5.17. The van der Waals surface area contributed by atoms with E-state index in [1.807, 2.05) is 23.0 Å². The molecule has 96 valence electrons. The molecule has 0 fully saturated rings. The van der Waals surface area contributed by atoms with E-state index >= 15 is 0 Å². The minimum atomic E-state index is 0.683. The van der Waals surface area contributed by atoms with E-state index in [-0.39, 0.29) is 0 Å². The Kier molecular flexibility index (Phi) is 3.11. The van der Waals surface area contributed by atoms with Crippen LogP contribution in [0.3, 0.4) is 0 Å². The number of aromatic amines is 1. The summed E-state index contributed by atoms with van der Waals surface area (Å²) in [6, 6.07) is 2.31. The minimum absolute atomic E-state index is 0.683. The molecule has 1 atom stereocenters. The highest BCUT2D eigenvalue weighted by atomic mass is 32.1. The number of nitrogens with one attached hydrogen (secondary N) is 1. The first kappa shape index (κ1) is 12.1. The van der Waals surface area contributed by atoms with Crippen LogP contribution in [0.25, 0.3) is 10.7 Å². The Balaban J connectivity index is 1.99. The summed E-state index contributed by atoms with van der Waals surface area (Å²) < 4.78 is 2.63. The number of hydrogen-bond donors (Lipinski definition) is 1. The largest absolute Gasteiger partial charge is 0.303 e. The van der Waals surface area contributed by atoms with Crippen LogP contribution in [0.1, 0.15) is 30.2 Å². The van der Waals surface area contributed by atoms with E-state index in [1.165, 1.54) is 36.1 Å². The molecule has 3 rings (SSSR count). The van der Waals surface area contributed by atoms with Crippen LogP contribution in [0.4, 0.5) is 0 Å². The van der Waals surface area contributed by atoms with Crippen LogP contribution in [-0.4, -0.2) is 14.8 Å².